The molecule has 0 radical (unpaired) electrons. The average Bonchev–Trinajstić information content (AvgIpc) is 2.94. The van der Waals surface area contributed by atoms with Gasteiger partial charge in [0.1, 0.15) is 11.5 Å². The topological polar surface area (TPSA) is 32.6 Å². The van der Waals surface area contributed by atoms with Crippen LogP contribution in [0.15, 0.2) is 30.6 Å². The van der Waals surface area contributed by atoms with E-state index in [1.54, 1.807) is 0 Å². The fraction of sp³-hybridized carbons (Fsp3) is 0.562. The van der Waals surface area contributed by atoms with Crippen LogP contribution in [0.1, 0.15) is 26.7 Å². The van der Waals surface area contributed by atoms with Gasteiger partial charge in [-0.3, -0.25) is 4.40 Å². The highest BCUT2D eigenvalue weighted by Gasteiger charge is 2.20. The highest BCUT2D eigenvalue weighted by molar-refractivity contribution is 5.52. The molecule has 4 nitrogen and oxygen atoms in total. The summed E-state index contributed by atoms with van der Waals surface area (Å²) in [6, 6.07) is 6.85. The summed E-state index contributed by atoms with van der Waals surface area (Å²) in [7, 11) is 0. The van der Waals surface area contributed by atoms with E-state index in [-0.39, 0.29) is 0 Å². The summed E-state index contributed by atoms with van der Waals surface area (Å²) >= 11 is 0. The number of imidazole rings is 1. The number of nitrogens with one attached hydrogen (secondary N) is 1. The summed E-state index contributed by atoms with van der Waals surface area (Å²) in [5.74, 6) is 1.99. The highest BCUT2D eigenvalue weighted by atomic mass is 15.2. The van der Waals surface area contributed by atoms with Crippen LogP contribution in [0.2, 0.25) is 0 Å². The molecule has 1 atom stereocenters. The van der Waals surface area contributed by atoms with E-state index in [0.29, 0.717) is 6.04 Å². The second-order valence-corrected chi connectivity index (χ2v) is 6.00. The normalized spacial score (nSPS) is 19.6. The molecule has 0 bridgehead atoms. The second-order valence-electron chi connectivity index (χ2n) is 6.00. The smallest absolute Gasteiger partial charge is 0.138 e. The lowest BCUT2D eigenvalue weighted by molar-refractivity contribution is 0.370. The Bertz CT molecular complexity index is 554. The molecule has 1 aliphatic rings. The largest absolute Gasteiger partial charge is 0.355 e. The van der Waals surface area contributed by atoms with Crippen molar-refractivity contribution >= 4 is 11.5 Å². The molecule has 1 aliphatic heterocycles. The van der Waals surface area contributed by atoms with Crippen molar-refractivity contribution in [3.8, 4) is 0 Å². The minimum absolute atomic E-state index is 0.491. The van der Waals surface area contributed by atoms with Crippen LogP contribution in [0.3, 0.4) is 0 Å². The number of nitrogens with zero attached hydrogens (tertiary/aromatic N) is 3. The van der Waals surface area contributed by atoms with E-state index in [4.69, 9.17) is 0 Å². The van der Waals surface area contributed by atoms with Gasteiger partial charge in [0.05, 0.1) is 0 Å². The van der Waals surface area contributed by atoms with Crippen molar-refractivity contribution in [1.82, 2.24) is 14.7 Å². The maximum absolute atomic E-state index is 4.39. The molecule has 0 aromatic carbocycles. The van der Waals surface area contributed by atoms with Crippen molar-refractivity contribution in [2.45, 2.75) is 32.7 Å². The molecule has 20 heavy (non-hydrogen) atoms. The van der Waals surface area contributed by atoms with Crippen LogP contribution in [0, 0.1) is 5.92 Å². The number of piperidine rings is 1. The van der Waals surface area contributed by atoms with Gasteiger partial charge in [-0.1, -0.05) is 6.07 Å². The Labute approximate surface area is 120 Å². The Morgan fingerprint density at radius 2 is 2.35 bits per heavy atom. The average molecular weight is 272 g/mol. The maximum atomic E-state index is 4.39. The molecule has 0 saturated carbocycles. The van der Waals surface area contributed by atoms with E-state index < -0.39 is 0 Å². The van der Waals surface area contributed by atoms with Gasteiger partial charge in [-0.25, -0.2) is 4.98 Å². The molecule has 0 amide bonds. The monoisotopic (exact) mass is 272 g/mol. The first-order chi connectivity index (χ1) is 9.75. The first-order valence-electron chi connectivity index (χ1n) is 7.65. The fourth-order valence-electron chi connectivity index (χ4n) is 3.09. The number of anilines is 1. The maximum Gasteiger partial charge on any atom is 0.138 e. The molecule has 1 N–H and O–H groups in total. The number of aromatic nitrogens is 2. The first kappa shape index (κ1) is 13.4. The van der Waals surface area contributed by atoms with Gasteiger partial charge < -0.3 is 10.2 Å². The van der Waals surface area contributed by atoms with Crippen LogP contribution in [0.4, 0.5) is 5.82 Å². The SMILES string of the molecule is CC(C)N(CC1CCCNC1)c1cccc2nccn12. The summed E-state index contributed by atoms with van der Waals surface area (Å²) in [5.41, 5.74) is 1.02. The third-order valence-electron chi connectivity index (χ3n) is 4.18. The summed E-state index contributed by atoms with van der Waals surface area (Å²) in [4.78, 5) is 6.90. The number of hydrogen-bond donors (Lipinski definition) is 1. The summed E-state index contributed by atoms with van der Waals surface area (Å²) in [5, 5.41) is 3.52. The Balaban J connectivity index is 1.87. The zero-order chi connectivity index (χ0) is 13.9. The van der Waals surface area contributed by atoms with Crippen LogP contribution in [0.25, 0.3) is 5.65 Å². The molecule has 0 spiro atoms. The number of pyridine rings is 1. The minimum Gasteiger partial charge on any atom is -0.355 e. The van der Waals surface area contributed by atoms with Crippen LogP contribution in [0.5, 0.6) is 0 Å². The molecular formula is C16H24N4. The van der Waals surface area contributed by atoms with Crippen molar-refractivity contribution in [1.29, 1.82) is 0 Å². The molecule has 0 aliphatic carbocycles. The van der Waals surface area contributed by atoms with Crippen molar-refractivity contribution < 1.29 is 0 Å². The van der Waals surface area contributed by atoms with Gasteiger partial charge >= 0.3 is 0 Å². The predicted octanol–water partition coefficient (Wildman–Crippen LogP) is 2.55. The summed E-state index contributed by atoms with van der Waals surface area (Å²) in [6.07, 6.45) is 6.56. The zero-order valence-corrected chi connectivity index (χ0v) is 12.4. The van der Waals surface area contributed by atoms with Crippen molar-refractivity contribution in [2.75, 3.05) is 24.5 Å². The van der Waals surface area contributed by atoms with Crippen LogP contribution in [-0.4, -0.2) is 35.1 Å². The summed E-state index contributed by atoms with van der Waals surface area (Å²) < 4.78 is 2.19. The Kier molecular flexibility index (Phi) is 3.92. The van der Waals surface area contributed by atoms with Crippen molar-refractivity contribution in [3.05, 3.63) is 30.6 Å². The molecule has 1 unspecified atom stereocenters. The Morgan fingerprint density at radius 1 is 1.45 bits per heavy atom. The molecule has 108 valence electrons. The van der Waals surface area contributed by atoms with E-state index in [0.717, 1.165) is 24.7 Å². The van der Waals surface area contributed by atoms with Crippen LogP contribution in [-0.2, 0) is 0 Å². The molecule has 3 heterocycles. The molecule has 1 fully saturated rings. The van der Waals surface area contributed by atoms with Crippen LogP contribution >= 0.6 is 0 Å². The Hall–Kier alpha value is -1.55. The van der Waals surface area contributed by atoms with E-state index in [2.05, 4.69) is 57.8 Å². The third kappa shape index (κ3) is 2.66. The molecule has 3 rings (SSSR count). The lowest BCUT2D eigenvalue weighted by Gasteiger charge is -2.34. The third-order valence-corrected chi connectivity index (χ3v) is 4.18. The number of rotatable bonds is 4. The number of hydrogen-bond acceptors (Lipinski definition) is 3. The zero-order valence-electron chi connectivity index (χ0n) is 12.4. The standard InChI is InChI=1S/C16H24N4/c1-13(2)20(12-14-5-4-8-17-11-14)16-7-3-6-15-18-9-10-19(15)16/h3,6-7,9-10,13-14,17H,4-5,8,11-12H2,1-2H3. The molecule has 1 saturated heterocycles. The fourth-order valence-corrected chi connectivity index (χ4v) is 3.09. The van der Waals surface area contributed by atoms with Crippen LogP contribution < -0.4 is 10.2 Å². The lowest BCUT2D eigenvalue weighted by atomic mass is 9.98. The van der Waals surface area contributed by atoms with E-state index in [1.807, 2.05) is 6.20 Å². The van der Waals surface area contributed by atoms with Crippen molar-refractivity contribution in [2.24, 2.45) is 5.92 Å². The van der Waals surface area contributed by atoms with Gasteiger partial charge in [0.15, 0.2) is 0 Å². The number of fused-ring (bicyclic) bond motifs is 1. The highest BCUT2D eigenvalue weighted by Crippen LogP contribution is 2.22. The van der Waals surface area contributed by atoms with Gasteiger partial charge in [0, 0.05) is 25.0 Å². The van der Waals surface area contributed by atoms with E-state index in [1.165, 1.54) is 25.2 Å². The van der Waals surface area contributed by atoms with Gasteiger partial charge in [0.2, 0.25) is 0 Å². The lowest BCUT2D eigenvalue weighted by Crippen LogP contribution is -2.42. The van der Waals surface area contributed by atoms with E-state index >= 15 is 0 Å². The molecular weight excluding hydrogens is 248 g/mol. The second kappa shape index (κ2) is 5.83. The first-order valence-corrected chi connectivity index (χ1v) is 7.65. The molecule has 2 aromatic heterocycles. The quantitative estimate of drug-likeness (QED) is 0.928. The van der Waals surface area contributed by atoms with Gasteiger partial charge in [-0.15, -0.1) is 0 Å². The van der Waals surface area contributed by atoms with Crippen molar-refractivity contribution in [3.63, 3.8) is 0 Å². The van der Waals surface area contributed by atoms with E-state index in [9.17, 15) is 0 Å². The molecule has 2 aromatic rings. The predicted molar refractivity (Wildman–Crippen MR) is 83.3 cm³/mol. The Morgan fingerprint density at radius 3 is 3.10 bits per heavy atom. The molecule has 4 heteroatoms. The minimum atomic E-state index is 0.491. The van der Waals surface area contributed by atoms with Gasteiger partial charge in [-0.05, 0) is 57.8 Å². The van der Waals surface area contributed by atoms with Gasteiger partial charge in [0.25, 0.3) is 0 Å². The van der Waals surface area contributed by atoms with Gasteiger partial charge in [-0.2, -0.15) is 0 Å². The summed E-state index contributed by atoms with van der Waals surface area (Å²) in [6.45, 7) is 7.97.